The quantitative estimate of drug-likeness (QED) is 0.812. The highest BCUT2D eigenvalue weighted by molar-refractivity contribution is 5.77. The topological polar surface area (TPSA) is 78.3 Å². The van der Waals surface area contributed by atoms with Crippen LogP contribution in [-0.2, 0) is 5.41 Å². The van der Waals surface area contributed by atoms with E-state index < -0.39 is 5.41 Å². The largest absolute Gasteiger partial charge is 0.309 e. The van der Waals surface area contributed by atoms with Crippen molar-refractivity contribution in [2.75, 3.05) is 7.05 Å². The Labute approximate surface area is 101 Å². The van der Waals surface area contributed by atoms with Crippen LogP contribution >= 0.6 is 0 Å². The molecule has 1 aromatic heterocycles. The first-order valence-corrected chi connectivity index (χ1v) is 5.44. The van der Waals surface area contributed by atoms with Crippen molar-refractivity contribution >= 4 is 6.21 Å². The Morgan fingerprint density at radius 1 is 1.65 bits per heavy atom. The number of hydrazone groups is 1. The number of nitrogens with zero attached hydrogens (tertiary/aromatic N) is 4. The molecule has 5 nitrogen and oxygen atoms in total. The van der Waals surface area contributed by atoms with Crippen molar-refractivity contribution in [3.8, 4) is 6.07 Å². The van der Waals surface area contributed by atoms with Crippen LogP contribution in [0, 0.1) is 18.3 Å². The summed E-state index contributed by atoms with van der Waals surface area (Å²) < 4.78 is 0. The van der Waals surface area contributed by atoms with Crippen molar-refractivity contribution in [2.24, 2.45) is 10.8 Å². The molecule has 0 amide bonds. The number of hydrogen-bond acceptors (Lipinski definition) is 5. The van der Waals surface area contributed by atoms with Gasteiger partial charge in [0.05, 0.1) is 17.9 Å². The highest BCUT2D eigenvalue weighted by atomic mass is 15.5. The monoisotopic (exact) mass is 229 g/mol. The van der Waals surface area contributed by atoms with Gasteiger partial charge in [-0.25, -0.2) is 0 Å². The van der Waals surface area contributed by atoms with Gasteiger partial charge in [-0.05, 0) is 24.6 Å². The fourth-order valence-electron chi connectivity index (χ4n) is 2.14. The maximum Gasteiger partial charge on any atom is 0.109 e. The third kappa shape index (κ3) is 1.77. The third-order valence-corrected chi connectivity index (χ3v) is 3.21. The molecule has 1 aromatic rings. The summed E-state index contributed by atoms with van der Waals surface area (Å²) in [4.78, 5) is 4.16. The minimum Gasteiger partial charge on any atom is -0.309 e. The van der Waals surface area contributed by atoms with Gasteiger partial charge in [0.1, 0.15) is 6.17 Å². The van der Waals surface area contributed by atoms with Gasteiger partial charge in [-0.2, -0.15) is 10.4 Å². The standard InChI is InChI=1S/C12H15N5/c1-9-7-10(3-6-15-9)12(4-5-13)8-16-17(2)11(12)14/h3,6-8,11H,4,14H2,1-2H3. The van der Waals surface area contributed by atoms with E-state index in [0.717, 1.165) is 11.3 Å². The molecule has 0 aliphatic carbocycles. The SMILES string of the molecule is Cc1cc(C2(CC#N)C=NN(C)C2N)ccn1. The van der Waals surface area contributed by atoms with Gasteiger partial charge in [0.2, 0.25) is 0 Å². The van der Waals surface area contributed by atoms with Crippen LogP contribution in [0.1, 0.15) is 17.7 Å². The van der Waals surface area contributed by atoms with Crippen LogP contribution in [0.15, 0.2) is 23.4 Å². The van der Waals surface area contributed by atoms with Crippen molar-refractivity contribution in [1.82, 2.24) is 9.99 Å². The van der Waals surface area contributed by atoms with Crippen LogP contribution < -0.4 is 5.73 Å². The molecular formula is C12H15N5. The van der Waals surface area contributed by atoms with Crippen molar-refractivity contribution in [3.63, 3.8) is 0 Å². The summed E-state index contributed by atoms with van der Waals surface area (Å²) in [6, 6.07) is 6.06. The molecule has 0 fully saturated rings. The Bertz CT molecular complexity index is 490. The Balaban J connectivity index is 2.50. The summed E-state index contributed by atoms with van der Waals surface area (Å²) in [7, 11) is 1.81. The van der Waals surface area contributed by atoms with Crippen LogP contribution in [-0.4, -0.2) is 29.4 Å². The summed E-state index contributed by atoms with van der Waals surface area (Å²) in [5.74, 6) is 0. The van der Waals surface area contributed by atoms with E-state index in [1.165, 1.54) is 0 Å². The Morgan fingerprint density at radius 2 is 2.41 bits per heavy atom. The first kappa shape index (κ1) is 11.6. The fourth-order valence-corrected chi connectivity index (χ4v) is 2.14. The zero-order chi connectivity index (χ0) is 12.5. The smallest absolute Gasteiger partial charge is 0.109 e. The van der Waals surface area contributed by atoms with Crippen molar-refractivity contribution in [2.45, 2.75) is 24.9 Å². The van der Waals surface area contributed by atoms with E-state index in [1.54, 1.807) is 17.4 Å². The maximum absolute atomic E-state index is 9.03. The molecule has 0 saturated carbocycles. The van der Waals surface area contributed by atoms with Gasteiger partial charge >= 0.3 is 0 Å². The van der Waals surface area contributed by atoms with E-state index >= 15 is 0 Å². The van der Waals surface area contributed by atoms with Gasteiger partial charge in [0.25, 0.3) is 0 Å². The molecule has 2 unspecified atom stereocenters. The molecule has 0 saturated heterocycles. The molecule has 2 heterocycles. The Hall–Kier alpha value is -1.93. The molecule has 88 valence electrons. The average Bonchev–Trinajstić information content (AvgIpc) is 2.59. The van der Waals surface area contributed by atoms with Crippen molar-refractivity contribution in [3.05, 3.63) is 29.6 Å². The summed E-state index contributed by atoms with van der Waals surface area (Å²) in [6.45, 7) is 1.92. The van der Waals surface area contributed by atoms with Gasteiger partial charge in [-0.3, -0.25) is 9.99 Å². The summed E-state index contributed by atoms with van der Waals surface area (Å²) in [5.41, 5.74) is 7.53. The second kappa shape index (κ2) is 4.15. The molecule has 1 aliphatic rings. The molecule has 5 heteroatoms. The number of nitriles is 1. The van der Waals surface area contributed by atoms with Gasteiger partial charge in [-0.15, -0.1) is 0 Å². The third-order valence-electron chi connectivity index (χ3n) is 3.21. The summed E-state index contributed by atoms with van der Waals surface area (Å²) in [5, 5.41) is 14.9. The van der Waals surface area contributed by atoms with Crippen LogP contribution in [0.4, 0.5) is 0 Å². The number of pyridine rings is 1. The number of aryl methyl sites for hydroxylation is 1. The number of hydrogen-bond donors (Lipinski definition) is 1. The minimum absolute atomic E-state index is 0.311. The molecule has 0 aromatic carbocycles. The molecule has 1 aliphatic heterocycles. The molecule has 0 spiro atoms. The number of nitrogens with two attached hydrogens (primary N) is 1. The molecule has 0 bridgehead atoms. The highest BCUT2D eigenvalue weighted by Crippen LogP contribution is 2.34. The molecule has 2 rings (SSSR count). The molecular weight excluding hydrogens is 214 g/mol. The highest BCUT2D eigenvalue weighted by Gasteiger charge is 2.43. The first-order chi connectivity index (χ1) is 8.10. The second-order valence-electron chi connectivity index (χ2n) is 4.32. The average molecular weight is 229 g/mol. The molecule has 2 N–H and O–H groups in total. The van der Waals surface area contributed by atoms with Crippen molar-refractivity contribution < 1.29 is 0 Å². The normalized spacial score (nSPS) is 27.2. The lowest BCUT2D eigenvalue weighted by atomic mass is 9.77. The van der Waals surface area contributed by atoms with E-state index in [2.05, 4.69) is 16.2 Å². The second-order valence-corrected chi connectivity index (χ2v) is 4.32. The Kier molecular flexibility index (Phi) is 2.82. The zero-order valence-electron chi connectivity index (χ0n) is 9.96. The van der Waals surface area contributed by atoms with Crippen LogP contribution in [0.25, 0.3) is 0 Å². The summed E-state index contributed by atoms with van der Waals surface area (Å²) >= 11 is 0. The predicted octanol–water partition coefficient (Wildman–Crippen LogP) is 0.757. The van der Waals surface area contributed by atoms with E-state index in [-0.39, 0.29) is 6.17 Å². The van der Waals surface area contributed by atoms with Gasteiger partial charge < -0.3 is 5.73 Å². The lowest BCUT2D eigenvalue weighted by molar-refractivity contribution is 0.231. The molecule has 2 atom stereocenters. The lowest BCUT2D eigenvalue weighted by Crippen LogP contribution is -2.49. The first-order valence-electron chi connectivity index (χ1n) is 5.44. The molecule has 17 heavy (non-hydrogen) atoms. The fraction of sp³-hybridized carbons (Fsp3) is 0.417. The summed E-state index contributed by atoms with van der Waals surface area (Å²) in [6.07, 6.45) is 3.51. The zero-order valence-corrected chi connectivity index (χ0v) is 9.96. The molecule has 0 radical (unpaired) electrons. The number of likely N-dealkylation sites (N-methyl/N-ethyl adjacent to an activating group) is 1. The van der Waals surface area contributed by atoms with E-state index in [0.29, 0.717) is 6.42 Å². The van der Waals surface area contributed by atoms with Crippen LogP contribution in [0.3, 0.4) is 0 Å². The van der Waals surface area contributed by atoms with E-state index in [9.17, 15) is 0 Å². The van der Waals surface area contributed by atoms with E-state index in [1.807, 2.05) is 26.1 Å². The van der Waals surface area contributed by atoms with Crippen molar-refractivity contribution in [1.29, 1.82) is 5.26 Å². The number of aromatic nitrogens is 1. The van der Waals surface area contributed by atoms with Crippen LogP contribution in [0.2, 0.25) is 0 Å². The maximum atomic E-state index is 9.03. The predicted molar refractivity (Wildman–Crippen MR) is 65.1 cm³/mol. The Morgan fingerprint density at radius 3 is 2.94 bits per heavy atom. The van der Waals surface area contributed by atoms with Crippen LogP contribution in [0.5, 0.6) is 0 Å². The lowest BCUT2D eigenvalue weighted by Gasteiger charge is -2.31. The van der Waals surface area contributed by atoms with Gasteiger partial charge in [0, 0.05) is 25.2 Å². The van der Waals surface area contributed by atoms with E-state index in [4.69, 9.17) is 11.0 Å². The minimum atomic E-state index is -0.531. The van der Waals surface area contributed by atoms with Gasteiger partial charge in [0.15, 0.2) is 0 Å². The number of rotatable bonds is 2. The van der Waals surface area contributed by atoms with Gasteiger partial charge in [-0.1, -0.05) is 0 Å².